The van der Waals surface area contributed by atoms with Crippen molar-refractivity contribution >= 4 is 34.2 Å². The average Bonchev–Trinajstić information content (AvgIpc) is 3.47. The normalized spacial score (nSPS) is 17.6. The zero-order valence-corrected chi connectivity index (χ0v) is 20.0. The van der Waals surface area contributed by atoms with E-state index in [2.05, 4.69) is 25.6 Å². The molecular weight excluding hydrogens is 488 g/mol. The molecular formula is C25H22ClF2N7O. The number of carbonyl (C=O) groups is 1. The molecule has 0 saturated heterocycles. The van der Waals surface area contributed by atoms with Gasteiger partial charge in [-0.05, 0) is 43.9 Å². The Balaban J connectivity index is 1.39. The number of aromatic nitrogens is 4. The third-order valence-electron chi connectivity index (χ3n) is 6.35. The van der Waals surface area contributed by atoms with Crippen LogP contribution in [0.4, 0.5) is 14.6 Å². The zero-order chi connectivity index (χ0) is 25.4. The number of imidazole rings is 1. The lowest BCUT2D eigenvalue weighted by Gasteiger charge is -2.30. The van der Waals surface area contributed by atoms with Crippen LogP contribution in [0.2, 0.25) is 5.02 Å². The number of rotatable bonds is 5. The Morgan fingerprint density at radius 3 is 2.81 bits per heavy atom. The van der Waals surface area contributed by atoms with Crippen molar-refractivity contribution in [1.82, 2.24) is 24.8 Å². The Morgan fingerprint density at radius 2 is 2.06 bits per heavy atom. The number of halogens is 3. The summed E-state index contributed by atoms with van der Waals surface area (Å²) in [6.07, 6.45) is 7.70. The smallest absolute Gasteiger partial charge is 0.271 e. The third kappa shape index (κ3) is 4.62. The van der Waals surface area contributed by atoms with Crippen molar-refractivity contribution in [2.45, 2.75) is 37.8 Å². The van der Waals surface area contributed by atoms with Gasteiger partial charge in [-0.3, -0.25) is 4.79 Å². The maximum atomic E-state index is 14.9. The van der Waals surface area contributed by atoms with E-state index in [4.69, 9.17) is 11.6 Å². The van der Waals surface area contributed by atoms with E-state index in [0.717, 1.165) is 25.3 Å². The molecule has 1 unspecified atom stereocenters. The number of benzene rings is 1. The molecule has 36 heavy (non-hydrogen) atoms. The van der Waals surface area contributed by atoms with Crippen molar-refractivity contribution < 1.29 is 13.6 Å². The molecule has 4 aromatic rings. The second-order valence-electron chi connectivity index (χ2n) is 8.94. The molecule has 3 aromatic heterocycles. The average molecular weight is 510 g/mol. The number of hydrogen-bond acceptors (Lipinski definition) is 5. The molecule has 0 spiro atoms. The number of aryl methyl sites for hydroxylation is 1. The topological polar surface area (TPSA) is 111 Å². The van der Waals surface area contributed by atoms with Crippen LogP contribution in [0.5, 0.6) is 0 Å². The van der Waals surface area contributed by atoms with Gasteiger partial charge in [-0.2, -0.15) is 5.26 Å². The highest BCUT2D eigenvalue weighted by molar-refractivity contribution is 6.31. The summed E-state index contributed by atoms with van der Waals surface area (Å²) >= 11 is 6.04. The monoisotopic (exact) mass is 509 g/mol. The van der Waals surface area contributed by atoms with Gasteiger partial charge in [-0.1, -0.05) is 11.6 Å². The molecule has 1 aliphatic carbocycles. The number of amides is 1. The van der Waals surface area contributed by atoms with Crippen LogP contribution in [0.15, 0.2) is 36.9 Å². The molecule has 3 N–H and O–H groups in total. The zero-order valence-electron chi connectivity index (χ0n) is 19.3. The highest BCUT2D eigenvalue weighted by atomic mass is 35.5. The van der Waals surface area contributed by atoms with Crippen LogP contribution < -0.4 is 10.6 Å². The molecule has 1 saturated carbocycles. The van der Waals surface area contributed by atoms with Crippen molar-refractivity contribution in [2.24, 2.45) is 7.05 Å². The quantitative estimate of drug-likeness (QED) is 0.353. The van der Waals surface area contributed by atoms with E-state index >= 15 is 0 Å². The molecule has 1 amide bonds. The van der Waals surface area contributed by atoms with E-state index in [1.807, 2.05) is 6.07 Å². The molecule has 0 bridgehead atoms. The number of carbonyl (C=O) groups excluding carboxylic acids is 1. The summed E-state index contributed by atoms with van der Waals surface area (Å²) in [4.78, 5) is 23.8. The van der Waals surface area contributed by atoms with Crippen LogP contribution in [0.1, 0.15) is 41.7 Å². The van der Waals surface area contributed by atoms with E-state index in [1.54, 1.807) is 30.2 Å². The standard InChI is InChI=1S/C25H22ClF2N7O/c1-35-11-21(31-12-35)25(36)33-16-4-2-3-15(8-16)32-24-20(28)5-13(9-29)22(34-24)18-10-30-23-17(18)6-14(26)7-19(23)27/h5-7,10-12,15-16,30H,2-4,8H2,1H3,(H,32,34)(H,33,36)/t15?,16-/m1/s1. The van der Waals surface area contributed by atoms with Crippen LogP contribution in [-0.2, 0) is 7.05 Å². The Bertz CT molecular complexity index is 1510. The van der Waals surface area contributed by atoms with Crippen LogP contribution in [0.3, 0.4) is 0 Å². The summed E-state index contributed by atoms with van der Waals surface area (Å²) in [6, 6.07) is 5.59. The summed E-state index contributed by atoms with van der Waals surface area (Å²) in [5.41, 5.74) is 1.23. The lowest BCUT2D eigenvalue weighted by Crippen LogP contribution is -2.42. The van der Waals surface area contributed by atoms with Crippen molar-refractivity contribution in [3.8, 4) is 17.3 Å². The summed E-state index contributed by atoms with van der Waals surface area (Å²) in [5, 5.41) is 16.4. The molecule has 5 rings (SSSR count). The van der Waals surface area contributed by atoms with Gasteiger partial charge in [0.1, 0.15) is 17.6 Å². The molecule has 1 aliphatic rings. The number of hydrogen-bond donors (Lipinski definition) is 3. The molecule has 0 radical (unpaired) electrons. The van der Waals surface area contributed by atoms with Gasteiger partial charge < -0.3 is 20.2 Å². The van der Waals surface area contributed by atoms with Crippen molar-refractivity contribution in [3.05, 3.63) is 64.8 Å². The Kier molecular flexibility index (Phi) is 6.33. The maximum Gasteiger partial charge on any atom is 0.271 e. The van der Waals surface area contributed by atoms with E-state index in [0.29, 0.717) is 23.1 Å². The Labute approximate surface area is 210 Å². The fraction of sp³-hybridized carbons (Fsp3) is 0.280. The fourth-order valence-electron chi connectivity index (χ4n) is 4.67. The van der Waals surface area contributed by atoms with Gasteiger partial charge in [0.25, 0.3) is 5.91 Å². The predicted octanol–water partition coefficient (Wildman–Crippen LogP) is 4.92. The first-order valence-electron chi connectivity index (χ1n) is 11.4. The molecule has 1 aromatic carbocycles. The molecule has 1 fully saturated rings. The van der Waals surface area contributed by atoms with E-state index in [9.17, 15) is 18.8 Å². The molecule has 184 valence electrons. The number of nitrogens with zero attached hydrogens (tertiary/aromatic N) is 4. The van der Waals surface area contributed by atoms with Gasteiger partial charge in [-0.15, -0.1) is 0 Å². The highest BCUT2D eigenvalue weighted by Crippen LogP contribution is 2.34. The number of fused-ring (bicyclic) bond motifs is 1. The van der Waals surface area contributed by atoms with Crippen molar-refractivity contribution in [1.29, 1.82) is 5.26 Å². The lowest BCUT2D eigenvalue weighted by atomic mass is 9.90. The summed E-state index contributed by atoms with van der Waals surface area (Å²) in [5.74, 6) is -1.47. The van der Waals surface area contributed by atoms with Gasteiger partial charge in [0.2, 0.25) is 0 Å². The van der Waals surface area contributed by atoms with Crippen LogP contribution in [-0.4, -0.2) is 37.5 Å². The minimum Gasteiger partial charge on any atom is -0.365 e. The first-order valence-corrected chi connectivity index (χ1v) is 11.8. The minimum absolute atomic E-state index is 0.0115. The van der Waals surface area contributed by atoms with Crippen LogP contribution >= 0.6 is 11.6 Å². The molecule has 11 heteroatoms. The summed E-state index contributed by atoms with van der Waals surface area (Å²) in [6.45, 7) is 0. The van der Waals surface area contributed by atoms with Crippen LogP contribution in [0.25, 0.3) is 22.2 Å². The Morgan fingerprint density at radius 1 is 1.25 bits per heavy atom. The number of aromatic amines is 1. The van der Waals surface area contributed by atoms with Crippen molar-refractivity contribution in [3.63, 3.8) is 0 Å². The molecule has 3 heterocycles. The van der Waals surface area contributed by atoms with Crippen molar-refractivity contribution in [2.75, 3.05) is 5.32 Å². The third-order valence-corrected chi connectivity index (χ3v) is 6.56. The second-order valence-corrected chi connectivity index (χ2v) is 9.38. The Hall–Kier alpha value is -3.97. The van der Waals surface area contributed by atoms with Crippen LogP contribution in [0, 0.1) is 23.0 Å². The molecule has 2 atom stereocenters. The minimum atomic E-state index is -0.668. The molecule has 8 nitrogen and oxygen atoms in total. The first-order chi connectivity index (χ1) is 17.3. The van der Waals surface area contributed by atoms with E-state index in [1.165, 1.54) is 12.3 Å². The van der Waals surface area contributed by atoms with E-state index < -0.39 is 11.6 Å². The first kappa shape index (κ1) is 23.8. The maximum absolute atomic E-state index is 14.9. The molecule has 0 aliphatic heterocycles. The van der Waals surface area contributed by atoms with Gasteiger partial charge in [0.05, 0.1) is 23.1 Å². The largest absolute Gasteiger partial charge is 0.365 e. The fourth-order valence-corrected chi connectivity index (χ4v) is 4.87. The van der Waals surface area contributed by atoms with Gasteiger partial charge in [0.15, 0.2) is 11.6 Å². The number of pyridine rings is 1. The van der Waals surface area contributed by atoms with Gasteiger partial charge in [-0.25, -0.2) is 18.7 Å². The highest BCUT2D eigenvalue weighted by Gasteiger charge is 2.26. The summed E-state index contributed by atoms with van der Waals surface area (Å²) in [7, 11) is 1.79. The summed E-state index contributed by atoms with van der Waals surface area (Å²) < 4.78 is 31.0. The lowest BCUT2D eigenvalue weighted by molar-refractivity contribution is 0.0921. The SMILES string of the molecule is Cn1cnc(C(=O)N[C@@H]2CCCC(Nc3nc(-c4c[nH]c5c(F)cc(Cl)cc45)c(C#N)cc3F)C2)c1. The predicted molar refractivity (Wildman–Crippen MR) is 132 cm³/mol. The van der Waals surface area contributed by atoms with Gasteiger partial charge >= 0.3 is 0 Å². The number of H-pyrrole nitrogens is 1. The van der Waals surface area contributed by atoms with Gasteiger partial charge in [0, 0.05) is 47.5 Å². The number of anilines is 1. The number of nitrogens with one attached hydrogen (secondary N) is 3. The number of nitriles is 1. The second kappa shape index (κ2) is 9.59. The van der Waals surface area contributed by atoms with E-state index in [-0.39, 0.29) is 45.6 Å².